The van der Waals surface area contributed by atoms with Crippen LogP contribution in [0.2, 0.25) is 0 Å². The van der Waals surface area contributed by atoms with Crippen LogP contribution in [0.1, 0.15) is 10.4 Å². The average molecular weight is 344 g/mol. The van der Waals surface area contributed by atoms with Crippen molar-refractivity contribution in [2.45, 2.75) is 0 Å². The van der Waals surface area contributed by atoms with Gasteiger partial charge in [0.15, 0.2) is 0 Å². The highest BCUT2D eigenvalue weighted by atomic mass is 79.9. The molecule has 0 saturated heterocycles. The van der Waals surface area contributed by atoms with Crippen LogP contribution >= 0.6 is 15.9 Å². The first kappa shape index (κ1) is 13.8. The fraction of sp³-hybridized carbons (Fsp3) is 0. The summed E-state index contributed by atoms with van der Waals surface area (Å²) in [5.41, 5.74) is 0.665. The number of halogens is 2. The van der Waals surface area contributed by atoms with Crippen molar-refractivity contribution < 1.29 is 9.18 Å². The van der Waals surface area contributed by atoms with Crippen molar-refractivity contribution in [1.82, 2.24) is 0 Å². The van der Waals surface area contributed by atoms with Gasteiger partial charge in [0.1, 0.15) is 5.82 Å². The van der Waals surface area contributed by atoms with E-state index >= 15 is 0 Å². The van der Waals surface area contributed by atoms with Gasteiger partial charge in [0.25, 0.3) is 5.91 Å². The molecular weight excluding hydrogens is 333 g/mol. The molecule has 0 heterocycles. The molecule has 0 aliphatic rings. The van der Waals surface area contributed by atoms with Crippen molar-refractivity contribution in [3.63, 3.8) is 0 Å². The van der Waals surface area contributed by atoms with Crippen LogP contribution in [0.3, 0.4) is 0 Å². The Labute approximate surface area is 129 Å². The molecule has 0 atom stereocenters. The SMILES string of the molecule is O=C(Nc1cccc2ccccc12)c1c(F)cccc1Br. The van der Waals surface area contributed by atoms with Crippen molar-refractivity contribution in [1.29, 1.82) is 0 Å². The predicted molar refractivity (Wildman–Crippen MR) is 86.0 cm³/mol. The Bertz CT molecular complexity index is 806. The Kier molecular flexibility index (Phi) is 3.71. The fourth-order valence-electron chi connectivity index (χ4n) is 2.23. The zero-order chi connectivity index (χ0) is 14.8. The van der Waals surface area contributed by atoms with Crippen molar-refractivity contribution in [2.75, 3.05) is 5.32 Å². The molecule has 0 unspecified atom stereocenters. The van der Waals surface area contributed by atoms with E-state index in [0.29, 0.717) is 10.2 Å². The summed E-state index contributed by atoms with van der Waals surface area (Å²) in [6, 6.07) is 17.8. The number of benzene rings is 3. The topological polar surface area (TPSA) is 29.1 Å². The fourth-order valence-corrected chi connectivity index (χ4v) is 2.76. The van der Waals surface area contributed by atoms with E-state index in [0.717, 1.165) is 10.8 Å². The lowest BCUT2D eigenvalue weighted by Gasteiger charge is -2.10. The van der Waals surface area contributed by atoms with Gasteiger partial charge in [-0.1, -0.05) is 42.5 Å². The van der Waals surface area contributed by atoms with Gasteiger partial charge < -0.3 is 5.32 Å². The number of anilines is 1. The molecule has 0 spiro atoms. The van der Waals surface area contributed by atoms with Crippen LogP contribution in [0, 0.1) is 5.82 Å². The summed E-state index contributed by atoms with van der Waals surface area (Å²) in [7, 11) is 0. The summed E-state index contributed by atoms with van der Waals surface area (Å²) in [5.74, 6) is -1.03. The van der Waals surface area contributed by atoms with Crippen molar-refractivity contribution in [3.8, 4) is 0 Å². The Morgan fingerprint density at radius 2 is 1.67 bits per heavy atom. The van der Waals surface area contributed by atoms with Gasteiger partial charge in [0.05, 0.1) is 5.56 Å². The van der Waals surface area contributed by atoms with Gasteiger partial charge in [0, 0.05) is 15.5 Å². The molecule has 0 saturated carbocycles. The van der Waals surface area contributed by atoms with E-state index in [9.17, 15) is 9.18 Å². The van der Waals surface area contributed by atoms with Crippen LogP contribution in [0.4, 0.5) is 10.1 Å². The zero-order valence-corrected chi connectivity index (χ0v) is 12.5. The summed E-state index contributed by atoms with van der Waals surface area (Å²) in [6.45, 7) is 0. The Balaban J connectivity index is 2.01. The van der Waals surface area contributed by atoms with Crippen molar-refractivity contribution in [2.24, 2.45) is 0 Å². The van der Waals surface area contributed by atoms with Gasteiger partial charge in [-0.05, 0) is 39.5 Å². The summed E-state index contributed by atoms with van der Waals surface area (Å²) < 4.78 is 14.3. The zero-order valence-electron chi connectivity index (χ0n) is 10.9. The maximum atomic E-state index is 13.8. The van der Waals surface area contributed by atoms with E-state index in [2.05, 4.69) is 21.2 Å². The van der Waals surface area contributed by atoms with E-state index in [1.807, 2.05) is 36.4 Å². The molecule has 0 radical (unpaired) electrons. The number of hydrogen-bond donors (Lipinski definition) is 1. The third-order valence-electron chi connectivity index (χ3n) is 3.23. The smallest absolute Gasteiger partial charge is 0.259 e. The van der Waals surface area contributed by atoms with Gasteiger partial charge >= 0.3 is 0 Å². The third-order valence-corrected chi connectivity index (χ3v) is 3.89. The first-order chi connectivity index (χ1) is 10.2. The third kappa shape index (κ3) is 2.67. The van der Waals surface area contributed by atoms with Crippen LogP contribution in [-0.2, 0) is 0 Å². The van der Waals surface area contributed by atoms with Crippen LogP contribution in [0.5, 0.6) is 0 Å². The highest BCUT2D eigenvalue weighted by Gasteiger charge is 2.16. The molecule has 21 heavy (non-hydrogen) atoms. The second-order valence-corrected chi connectivity index (χ2v) is 5.43. The Hall–Kier alpha value is -2.20. The van der Waals surface area contributed by atoms with E-state index in [-0.39, 0.29) is 5.56 Å². The summed E-state index contributed by atoms with van der Waals surface area (Å²) >= 11 is 3.21. The summed E-state index contributed by atoms with van der Waals surface area (Å²) in [6.07, 6.45) is 0. The van der Waals surface area contributed by atoms with Crippen molar-refractivity contribution >= 4 is 38.3 Å². The normalized spacial score (nSPS) is 10.6. The number of carbonyl (C=O) groups is 1. The average Bonchev–Trinajstić information content (AvgIpc) is 2.47. The second kappa shape index (κ2) is 5.66. The number of carbonyl (C=O) groups excluding carboxylic acids is 1. The van der Waals surface area contributed by atoms with Crippen LogP contribution in [-0.4, -0.2) is 5.91 Å². The molecule has 2 nitrogen and oxygen atoms in total. The van der Waals surface area contributed by atoms with Crippen LogP contribution in [0.25, 0.3) is 10.8 Å². The summed E-state index contributed by atoms with van der Waals surface area (Å²) in [4.78, 5) is 12.3. The van der Waals surface area contributed by atoms with Gasteiger partial charge in [0.2, 0.25) is 0 Å². The Morgan fingerprint density at radius 3 is 2.48 bits per heavy atom. The molecule has 1 N–H and O–H groups in total. The maximum absolute atomic E-state index is 13.8. The lowest BCUT2D eigenvalue weighted by atomic mass is 10.1. The number of nitrogens with one attached hydrogen (secondary N) is 1. The molecule has 3 aromatic rings. The minimum absolute atomic E-state index is 0.00503. The molecule has 3 aromatic carbocycles. The van der Waals surface area contributed by atoms with Gasteiger partial charge in [-0.25, -0.2) is 4.39 Å². The molecule has 0 bridgehead atoms. The number of hydrogen-bond acceptors (Lipinski definition) is 1. The molecule has 104 valence electrons. The quantitative estimate of drug-likeness (QED) is 0.697. The van der Waals surface area contributed by atoms with Gasteiger partial charge in [-0.3, -0.25) is 4.79 Å². The largest absolute Gasteiger partial charge is 0.321 e. The second-order valence-electron chi connectivity index (χ2n) is 4.58. The number of fused-ring (bicyclic) bond motifs is 1. The van der Waals surface area contributed by atoms with E-state index < -0.39 is 11.7 Å². The first-order valence-electron chi connectivity index (χ1n) is 6.40. The molecule has 0 fully saturated rings. The number of amides is 1. The molecule has 3 rings (SSSR count). The van der Waals surface area contributed by atoms with Crippen LogP contribution < -0.4 is 5.32 Å². The van der Waals surface area contributed by atoms with Gasteiger partial charge in [-0.15, -0.1) is 0 Å². The molecule has 0 aliphatic carbocycles. The molecule has 0 aliphatic heterocycles. The lowest BCUT2D eigenvalue weighted by Crippen LogP contribution is -2.14. The van der Waals surface area contributed by atoms with Crippen molar-refractivity contribution in [3.05, 3.63) is 76.5 Å². The minimum atomic E-state index is -0.554. The van der Waals surface area contributed by atoms with E-state index in [1.54, 1.807) is 18.2 Å². The monoisotopic (exact) mass is 343 g/mol. The predicted octanol–water partition coefficient (Wildman–Crippen LogP) is 4.99. The first-order valence-corrected chi connectivity index (χ1v) is 7.19. The maximum Gasteiger partial charge on any atom is 0.259 e. The molecular formula is C17H11BrFNO. The van der Waals surface area contributed by atoms with Gasteiger partial charge in [-0.2, -0.15) is 0 Å². The Morgan fingerprint density at radius 1 is 0.952 bits per heavy atom. The highest BCUT2D eigenvalue weighted by molar-refractivity contribution is 9.10. The van der Waals surface area contributed by atoms with E-state index in [4.69, 9.17) is 0 Å². The minimum Gasteiger partial charge on any atom is -0.321 e. The highest BCUT2D eigenvalue weighted by Crippen LogP contribution is 2.25. The molecule has 0 aromatic heterocycles. The molecule has 1 amide bonds. The summed E-state index contributed by atoms with van der Waals surface area (Å²) in [5, 5.41) is 4.71. The standard InChI is InChI=1S/C17H11BrFNO/c18-13-8-4-9-14(19)16(13)17(21)20-15-10-3-6-11-5-1-2-7-12(11)15/h1-10H,(H,20,21). The number of rotatable bonds is 2. The lowest BCUT2D eigenvalue weighted by molar-refractivity contribution is 0.102. The van der Waals surface area contributed by atoms with Crippen LogP contribution in [0.15, 0.2) is 65.1 Å². The van der Waals surface area contributed by atoms with E-state index in [1.165, 1.54) is 6.07 Å². The molecule has 4 heteroatoms.